The van der Waals surface area contributed by atoms with Gasteiger partial charge in [-0.15, -0.1) is 0 Å². The Morgan fingerprint density at radius 3 is 2.62 bits per heavy atom. The molecule has 0 aliphatic heterocycles. The van der Waals surface area contributed by atoms with Gasteiger partial charge in [0.05, 0.1) is 6.61 Å². The number of hydrogen-bond acceptors (Lipinski definition) is 5. The van der Waals surface area contributed by atoms with Crippen LogP contribution >= 0.6 is 0 Å². The molecule has 0 amide bonds. The van der Waals surface area contributed by atoms with Gasteiger partial charge in [0, 0.05) is 50.7 Å². The standard InChI is InChI=1S/C16H28N4O/c1-13(2)6-8-20(15-4-5-15)16-18-11-14(12-19-16)10-17-7-9-21-3/h11-13,15,17H,4-10H2,1-3H3. The third-order valence-corrected chi connectivity index (χ3v) is 3.70. The van der Waals surface area contributed by atoms with Crippen molar-refractivity contribution in [3.63, 3.8) is 0 Å². The first-order valence-electron chi connectivity index (χ1n) is 7.98. The third kappa shape index (κ3) is 5.59. The lowest BCUT2D eigenvalue weighted by Crippen LogP contribution is -2.29. The van der Waals surface area contributed by atoms with Crippen molar-refractivity contribution in [2.24, 2.45) is 5.92 Å². The summed E-state index contributed by atoms with van der Waals surface area (Å²) in [4.78, 5) is 11.5. The molecule has 1 aromatic rings. The molecule has 0 aromatic carbocycles. The quantitative estimate of drug-likeness (QED) is 0.670. The molecule has 5 heteroatoms. The van der Waals surface area contributed by atoms with Gasteiger partial charge in [-0.1, -0.05) is 13.8 Å². The molecule has 5 nitrogen and oxygen atoms in total. The van der Waals surface area contributed by atoms with Gasteiger partial charge < -0.3 is 15.0 Å². The van der Waals surface area contributed by atoms with Gasteiger partial charge in [0.2, 0.25) is 5.95 Å². The Morgan fingerprint density at radius 1 is 1.33 bits per heavy atom. The summed E-state index contributed by atoms with van der Waals surface area (Å²) in [5.41, 5.74) is 1.12. The van der Waals surface area contributed by atoms with E-state index >= 15 is 0 Å². The Kier molecular flexibility index (Phi) is 6.39. The highest BCUT2D eigenvalue weighted by Gasteiger charge is 2.30. The molecule has 0 unspecified atom stereocenters. The lowest BCUT2D eigenvalue weighted by atomic mass is 10.1. The normalized spacial score (nSPS) is 14.7. The van der Waals surface area contributed by atoms with Crippen molar-refractivity contribution in [2.45, 2.75) is 45.7 Å². The molecule has 1 aromatic heterocycles. The van der Waals surface area contributed by atoms with Crippen LogP contribution in [0, 0.1) is 5.92 Å². The number of rotatable bonds is 10. The van der Waals surface area contributed by atoms with E-state index in [1.807, 2.05) is 12.4 Å². The highest BCUT2D eigenvalue weighted by atomic mass is 16.5. The summed E-state index contributed by atoms with van der Waals surface area (Å²) < 4.78 is 5.01. The monoisotopic (exact) mass is 292 g/mol. The highest BCUT2D eigenvalue weighted by Crippen LogP contribution is 2.30. The van der Waals surface area contributed by atoms with Gasteiger partial charge in [-0.2, -0.15) is 0 Å². The zero-order chi connectivity index (χ0) is 15.1. The zero-order valence-electron chi connectivity index (χ0n) is 13.5. The minimum Gasteiger partial charge on any atom is -0.383 e. The van der Waals surface area contributed by atoms with Crippen molar-refractivity contribution in [2.75, 3.05) is 31.7 Å². The molecule has 2 rings (SSSR count). The number of methoxy groups -OCH3 is 1. The predicted octanol–water partition coefficient (Wildman–Crippen LogP) is 2.23. The maximum Gasteiger partial charge on any atom is 0.225 e. The minimum absolute atomic E-state index is 0.662. The molecule has 1 saturated carbocycles. The molecular formula is C16H28N4O. The lowest BCUT2D eigenvalue weighted by molar-refractivity contribution is 0.199. The summed E-state index contributed by atoms with van der Waals surface area (Å²) in [5.74, 6) is 1.61. The van der Waals surface area contributed by atoms with Gasteiger partial charge >= 0.3 is 0 Å². The van der Waals surface area contributed by atoms with Crippen LogP contribution in [0.3, 0.4) is 0 Å². The van der Waals surface area contributed by atoms with E-state index in [1.54, 1.807) is 7.11 Å². The number of hydrogen-bond donors (Lipinski definition) is 1. The second kappa shape index (κ2) is 8.29. The fourth-order valence-electron chi connectivity index (χ4n) is 2.22. The van der Waals surface area contributed by atoms with Gasteiger partial charge in [-0.05, 0) is 25.2 Å². The van der Waals surface area contributed by atoms with E-state index < -0.39 is 0 Å². The van der Waals surface area contributed by atoms with Gasteiger partial charge in [0.25, 0.3) is 0 Å². The van der Waals surface area contributed by atoms with E-state index in [4.69, 9.17) is 4.74 Å². The van der Waals surface area contributed by atoms with Crippen molar-refractivity contribution < 1.29 is 4.74 Å². The van der Waals surface area contributed by atoms with Gasteiger partial charge in [0.15, 0.2) is 0 Å². The smallest absolute Gasteiger partial charge is 0.225 e. The van der Waals surface area contributed by atoms with E-state index in [2.05, 4.69) is 34.0 Å². The van der Waals surface area contributed by atoms with Gasteiger partial charge in [0.1, 0.15) is 0 Å². The molecule has 1 fully saturated rings. The van der Waals surface area contributed by atoms with Crippen LogP contribution in [0.2, 0.25) is 0 Å². The van der Waals surface area contributed by atoms with Crippen molar-refractivity contribution in [3.05, 3.63) is 18.0 Å². The second-order valence-corrected chi connectivity index (χ2v) is 6.17. The van der Waals surface area contributed by atoms with Crippen LogP contribution in [0.4, 0.5) is 5.95 Å². The van der Waals surface area contributed by atoms with Crippen LogP contribution in [0.5, 0.6) is 0 Å². The van der Waals surface area contributed by atoms with Crippen LogP contribution in [-0.2, 0) is 11.3 Å². The van der Waals surface area contributed by atoms with Crippen molar-refractivity contribution in [1.82, 2.24) is 15.3 Å². The molecule has 118 valence electrons. The summed E-state index contributed by atoms with van der Waals surface area (Å²) in [5, 5.41) is 3.31. The first-order valence-corrected chi connectivity index (χ1v) is 7.98. The summed E-state index contributed by atoms with van der Waals surface area (Å²) >= 11 is 0. The summed E-state index contributed by atoms with van der Waals surface area (Å²) in [6.07, 6.45) is 7.63. The summed E-state index contributed by atoms with van der Waals surface area (Å²) in [6.45, 7) is 7.96. The Labute approximate surface area is 128 Å². The number of nitrogens with zero attached hydrogens (tertiary/aromatic N) is 3. The van der Waals surface area contributed by atoms with Crippen molar-refractivity contribution in [3.8, 4) is 0 Å². The number of nitrogens with one attached hydrogen (secondary N) is 1. The maximum atomic E-state index is 5.01. The molecule has 1 aliphatic rings. The van der Waals surface area contributed by atoms with Crippen LogP contribution in [0.1, 0.15) is 38.7 Å². The van der Waals surface area contributed by atoms with Crippen LogP contribution in [-0.4, -0.2) is 42.8 Å². The second-order valence-electron chi connectivity index (χ2n) is 6.17. The van der Waals surface area contributed by atoms with Crippen LogP contribution < -0.4 is 10.2 Å². The Morgan fingerprint density at radius 2 is 2.05 bits per heavy atom. The zero-order valence-corrected chi connectivity index (χ0v) is 13.5. The predicted molar refractivity (Wildman–Crippen MR) is 85.4 cm³/mol. The molecule has 1 N–H and O–H groups in total. The van der Waals surface area contributed by atoms with Crippen molar-refractivity contribution in [1.29, 1.82) is 0 Å². The molecule has 0 radical (unpaired) electrons. The van der Waals surface area contributed by atoms with Gasteiger partial charge in [-0.3, -0.25) is 0 Å². The van der Waals surface area contributed by atoms with Crippen LogP contribution in [0.25, 0.3) is 0 Å². The number of aromatic nitrogens is 2. The van der Waals surface area contributed by atoms with Crippen molar-refractivity contribution >= 4 is 5.95 Å². The molecule has 0 bridgehead atoms. The molecular weight excluding hydrogens is 264 g/mol. The third-order valence-electron chi connectivity index (χ3n) is 3.70. The SMILES string of the molecule is COCCNCc1cnc(N(CCC(C)C)C2CC2)nc1. The molecule has 21 heavy (non-hydrogen) atoms. The van der Waals surface area contributed by atoms with E-state index in [9.17, 15) is 0 Å². The molecule has 1 heterocycles. The first kappa shape index (κ1) is 16.2. The molecule has 0 atom stereocenters. The van der Waals surface area contributed by atoms with E-state index in [0.29, 0.717) is 6.04 Å². The highest BCUT2D eigenvalue weighted by molar-refractivity contribution is 5.34. The van der Waals surface area contributed by atoms with Crippen LogP contribution in [0.15, 0.2) is 12.4 Å². The average Bonchev–Trinajstić information content (AvgIpc) is 3.30. The van der Waals surface area contributed by atoms with E-state index in [0.717, 1.165) is 43.7 Å². The largest absolute Gasteiger partial charge is 0.383 e. The molecule has 1 aliphatic carbocycles. The Hall–Kier alpha value is -1.20. The Balaban J connectivity index is 1.86. The molecule has 0 saturated heterocycles. The lowest BCUT2D eigenvalue weighted by Gasteiger charge is -2.23. The van der Waals surface area contributed by atoms with E-state index in [1.165, 1.54) is 19.3 Å². The fourth-order valence-corrected chi connectivity index (χ4v) is 2.22. The first-order chi connectivity index (χ1) is 10.2. The Bertz CT molecular complexity index is 403. The number of ether oxygens (including phenoxy) is 1. The number of anilines is 1. The minimum atomic E-state index is 0.662. The average molecular weight is 292 g/mol. The van der Waals surface area contributed by atoms with Gasteiger partial charge in [-0.25, -0.2) is 9.97 Å². The molecule has 0 spiro atoms. The maximum absolute atomic E-state index is 5.01. The fraction of sp³-hybridized carbons (Fsp3) is 0.750. The summed E-state index contributed by atoms with van der Waals surface area (Å²) in [6, 6.07) is 0.662. The summed E-state index contributed by atoms with van der Waals surface area (Å²) in [7, 11) is 1.71. The van der Waals surface area contributed by atoms with E-state index in [-0.39, 0.29) is 0 Å². The topological polar surface area (TPSA) is 50.3 Å².